The van der Waals surface area contributed by atoms with Crippen LogP contribution in [0, 0.1) is 0 Å². The normalized spacial score (nSPS) is 9.79. The summed E-state index contributed by atoms with van der Waals surface area (Å²) in [6.07, 6.45) is -0.305. The van der Waals surface area contributed by atoms with E-state index in [1.54, 1.807) is 12.1 Å². The average molecular weight is 259 g/mol. The van der Waals surface area contributed by atoms with E-state index < -0.39 is 11.8 Å². The summed E-state index contributed by atoms with van der Waals surface area (Å²) >= 11 is 3.06. The van der Waals surface area contributed by atoms with E-state index in [9.17, 15) is 14.7 Å². The maximum absolute atomic E-state index is 10.8. The monoisotopic (exact) mass is 258 g/mol. The van der Waals surface area contributed by atoms with Crippen molar-refractivity contribution < 1.29 is 19.8 Å². The van der Waals surface area contributed by atoms with Crippen LogP contribution in [0.5, 0.6) is 5.75 Å². The van der Waals surface area contributed by atoms with Crippen LogP contribution in [-0.2, 0) is 16.0 Å². The lowest BCUT2D eigenvalue weighted by atomic mass is 10.1. The number of aromatic hydroxyl groups is 1. The highest BCUT2D eigenvalue weighted by Gasteiger charge is 2.15. The molecule has 0 unspecified atom stereocenters. The molecule has 0 saturated carbocycles. The van der Waals surface area contributed by atoms with Gasteiger partial charge in [-0.15, -0.1) is 0 Å². The first kappa shape index (κ1) is 10.7. The molecule has 0 spiro atoms. The fraction of sp³-hybridized carbons (Fsp3) is 0.111. The minimum Gasteiger partial charge on any atom is -0.506 e. The number of para-hydroxylation sites is 1. The number of halogens is 1. The predicted octanol–water partition coefficient (Wildman–Crippen LogP) is 1.35. The SMILES string of the molecule is O=C(O)C(=O)Cc1cccc(Br)c1O. The fourth-order valence-electron chi connectivity index (χ4n) is 0.951. The van der Waals surface area contributed by atoms with Gasteiger partial charge in [0.2, 0.25) is 5.78 Å². The van der Waals surface area contributed by atoms with Crippen LogP contribution in [0.15, 0.2) is 22.7 Å². The second-order valence-corrected chi connectivity index (χ2v) is 3.51. The van der Waals surface area contributed by atoms with Crippen molar-refractivity contribution in [1.29, 1.82) is 0 Å². The van der Waals surface area contributed by atoms with E-state index in [0.29, 0.717) is 10.0 Å². The molecule has 0 amide bonds. The van der Waals surface area contributed by atoms with Crippen LogP contribution >= 0.6 is 15.9 Å². The zero-order valence-corrected chi connectivity index (χ0v) is 8.61. The molecule has 14 heavy (non-hydrogen) atoms. The molecule has 0 saturated heterocycles. The first-order valence-corrected chi connectivity index (χ1v) is 4.54. The minimum atomic E-state index is -1.50. The Hall–Kier alpha value is -1.36. The lowest BCUT2D eigenvalue weighted by molar-refractivity contribution is -0.148. The highest BCUT2D eigenvalue weighted by Crippen LogP contribution is 2.27. The standard InChI is InChI=1S/C9H7BrO4/c10-6-3-1-2-5(8(6)12)4-7(11)9(13)14/h1-3,12H,4H2,(H,13,14). The van der Waals surface area contributed by atoms with Crippen LogP contribution in [0.3, 0.4) is 0 Å². The molecule has 0 aliphatic rings. The van der Waals surface area contributed by atoms with Crippen molar-refractivity contribution in [3.05, 3.63) is 28.2 Å². The van der Waals surface area contributed by atoms with Crippen molar-refractivity contribution >= 4 is 27.7 Å². The quantitative estimate of drug-likeness (QED) is 0.803. The molecular formula is C9H7BrO4. The maximum atomic E-state index is 10.8. The minimum absolute atomic E-state index is 0.0953. The fourth-order valence-corrected chi connectivity index (χ4v) is 1.36. The van der Waals surface area contributed by atoms with Crippen LogP contribution in [0.1, 0.15) is 5.56 Å². The number of benzene rings is 1. The van der Waals surface area contributed by atoms with Crippen molar-refractivity contribution in [3.8, 4) is 5.75 Å². The Morgan fingerprint density at radius 1 is 1.36 bits per heavy atom. The molecule has 1 aromatic carbocycles. The van der Waals surface area contributed by atoms with Gasteiger partial charge in [0.15, 0.2) is 0 Å². The number of carboxylic acid groups (broad SMARTS) is 1. The van der Waals surface area contributed by atoms with E-state index in [-0.39, 0.29) is 12.2 Å². The van der Waals surface area contributed by atoms with Crippen molar-refractivity contribution in [2.24, 2.45) is 0 Å². The van der Waals surface area contributed by atoms with Gasteiger partial charge in [-0.3, -0.25) is 4.79 Å². The van der Waals surface area contributed by atoms with Crippen LogP contribution in [0.4, 0.5) is 0 Å². The van der Waals surface area contributed by atoms with Gasteiger partial charge >= 0.3 is 5.97 Å². The molecule has 0 aromatic heterocycles. The molecule has 74 valence electrons. The number of carboxylic acids is 1. The molecule has 1 rings (SSSR count). The summed E-state index contributed by atoms with van der Waals surface area (Å²) in [5.74, 6) is -2.54. The summed E-state index contributed by atoms with van der Waals surface area (Å²) in [5, 5.41) is 17.8. The van der Waals surface area contributed by atoms with Gasteiger partial charge in [-0.25, -0.2) is 4.79 Å². The Bertz CT molecular complexity index is 386. The topological polar surface area (TPSA) is 74.6 Å². The third kappa shape index (κ3) is 2.32. The largest absolute Gasteiger partial charge is 0.506 e. The van der Waals surface area contributed by atoms with Crippen molar-refractivity contribution in [1.82, 2.24) is 0 Å². The summed E-state index contributed by atoms with van der Waals surface area (Å²) in [6.45, 7) is 0. The van der Waals surface area contributed by atoms with E-state index in [1.165, 1.54) is 6.07 Å². The molecule has 0 bridgehead atoms. The third-order valence-electron chi connectivity index (χ3n) is 1.66. The molecule has 4 nitrogen and oxygen atoms in total. The number of hydrogen-bond acceptors (Lipinski definition) is 3. The molecule has 0 fully saturated rings. The number of phenols is 1. The first-order valence-electron chi connectivity index (χ1n) is 3.75. The number of Topliss-reactive ketones (excluding diaryl/α,β-unsaturated/α-hetero) is 1. The Morgan fingerprint density at radius 3 is 2.57 bits per heavy atom. The number of hydrogen-bond donors (Lipinski definition) is 2. The van der Waals surface area contributed by atoms with Gasteiger partial charge in [0.05, 0.1) is 4.47 Å². The Kier molecular flexibility index (Phi) is 3.24. The summed E-state index contributed by atoms with van der Waals surface area (Å²) in [6, 6.07) is 4.72. The number of carbonyl (C=O) groups excluding carboxylic acids is 1. The zero-order chi connectivity index (χ0) is 10.7. The Morgan fingerprint density at radius 2 is 2.00 bits per heavy atom. The van der Waals surface area contributed by atoms with Crippen molar-refractivity contribution in [3.63, 3.8) is 0 Å². The third-order valence-corrected chi connectivity index (χ3v) is 2.30. The average Bonchev–Trinajstić information content (AvgIpc) is 2.12. The zero-order valence-electron chi connectivity index (χ0n) is 7.03. The molecule has 0 atom stereocenters. The molecular weight excluding hydrogens is 252 g/mol. The molecule has 0 aliphatic heterocycles. The van der Waals surface area contributed by atoms with Crippen LogP contribution in [0.2, 0.25) is 0 Å². The van der Waals surface area contributed by atoms with Crippen LogP contribution in [-0.4, -0.2) is 22.0 Å². The number of aliphatic carboxylic acids is 1. The smallest absolute Gasteiger partial charge is 0.372 e. The Labute approximate surface area is 88.3 Å². The second-order valence-electron chi connectivity index (χ2n) is 2.65. The number of rotatable bonds is 3. The molecule has 1 aromatic rings. The number of phenolic OH excluding ortho intramolecular Hbond substituents is 1. The summed E-state index contributed by atoms with van der Waals surface area (Å²) in [5.41, 5.74) is 0.298. The number of ketones is 1. The van der Waals surface area contributed by atoms with Gasteiger partial charge in [0.25, 0.3) is 0 Å². The van der Waals surface area contributed by atoms with Gasteiger partial charge in [-0.05, 0) is 22.0 Å². The summed E-state index contributed by atoms with van der Waals surface area (Å²) in [7, 11) is 0. The van der Waals surface area contributed by atoms with E-state index in [1.807, 2.05) is 0 Å². The van der Waals surface area contributed by atoms with Crippen molar-refractivity contribution in [2.45, 2.75) is 6.42 Å². The number of carbonyl (C=O) groups is 2. The maximum Gasteiger partial charge on any atom is 0.372 e. The van der Waals surface area contributed by atoms with Crippen LogP contribution < -0.4 is 0 Å². The first-order chi connectivity index (χ1) is 6.52. The van der Waals surface area contributed by atoms with Gasteiger partial charge in [0, 0.05) is 12.0 Å². The lowest BCUT2D eigenvalue weighted by Crippen LogP contribution is -2.15. The molecule has 0 heterocycles. The van der Waals surface area contributed by atoms with E-state index >= 15 is 0 Å². The molecule has 0 aliphatic carbocycles. The van der Waals surface area contributed by atoms with Gasteiger partial charge in [-0.1, -0.05) is 12.1 Å². The van der Waals surface area contributed by atoms with Crippen molar-refractivity contribution in [2.75, 3.05) is 0 Å². The van der Waals surface area contributed by atoms with Gasteiger partial charge in [0.1, 0.15) is 5.75 Å². The molecule has 2 N–H and O–H groups in total. The lowest BCUT2D eigenvalue weighted by Gasteiger charge is -2.03. The van der Waals surface area contributed by atoms with Crippen LogP contribution in [0.25, 0.3) is 0 Å². The van der Waals surface area contributed by atoms with Gasteiger partial charge < -0.3 is 10.2 Å². The van der Waals surface area contributed by atoms with E-state index in [2.05, 4.69) is 15.9 Å². The summed E-state index contributed by atoms with van der Waals surface area (Å²) < 4.78 is 0.438. The highest BCUT2D eigenvalue weighted by molar-refractivity contribution is 9.10. The van der Waals surface area contributed by atoms with E-state index in [0.717, 1.165) is 0 Å². The van der Waals surface area contributed by atoms with E-state index in [4.69, 9.17) is 5.11 Å². The van der Waals surface area contributed by atoms with Gasteiger partial charge in [-0.2, -0.15) is 0 Å². The molecule has 0 radical (unpaired) electrons. The highest BCUT2D eigenvalue weighted by atomic mass is 79.9. The second kappa shape index (κ2) is 4.23. The predicted molar refractivity (Wildman–Crippen MR) is 52.2 cm³/mol. The Balaban J connectivity index is 2.93. The molecule has 5 heteroatoms. The summed E-state index contributed by atoms with van der Waals surface area (Å²) in [4.78, 5) is 21.1.